The van der Waals surface area contributed by atoms with Gasteiger partial charge in [-0.15, -0.1) is 0 Å². The van der Waals surface area contributed by atoms with Crippen molar-refractivity contribution < 1.29 is 9.47 Å². The number of ether oxygens (including phenoxy) is 2. The third-order valence-corrected chi connectivity index (χ3v) is 3.28. The molecule has 0 saturated heterocycles. The van der Waals surface area contributed by atoms with Gasteiger partial charge >= 0.3 is 0 Å². The lowest BCUT2D eigenvalue weighted by atomic mass is 10.2. The fourth-order valence-corrected chi connectivity index (χ4v) is 1.95. The summed E-state index contributed by atoms with van der Waals surface area (Å²) in [5.41, 5.74) is 2.31. The molecule has 3 heteroatoms. The summed E-state index contributed by atoms with van der Waals surface area (Å²) in [6.07, 6.45) is 2.25. The molecule has 0 aliphatic carbocycles. The molecular formula is C18H23NO2. The summed E-state index contributed by atoms with van der Waals surface area (Å²) in [5.74, 6) is 1.81. The molecule has 112 valence electrons. The van der Waals surface area contributed by atoms with E-state index >= 15 is 0 Å². The van der Waals surface area contributed by atoms with Crippen LogP contribution in [0.5, 0.6) is 11.5 Å². The van der Waals surface area contributed by atoms with Gasteiger partial charge in [-0.25, -0.2) is 0 Å². The fraction of sp³-hybridized carbons (Fsp3) is 0.333. The second-order valence-corrected chi connectivity index (χ2v) is 4.93. The first kappa shape index (κ1) is 15.2. The average Bonchev–Trinajstić information content (AvgIpc) is 2.55. The SMILES string of the molecule is CCCCOc1ccc(NCc2ccc(OC)cc2)cc1. The number of hydrogen-bond acceptors (Lipinski definition) is 3. The first-order valence-corrected chi connectivity index (χ1v) is 7.41. The molecule has 0 saturated carbocycles. The Balaban J connectivity index is 1.82. The molecule has 2 aromatic carbocycles. The Morgan fingerprint density at radius 2 is 1.57 bits per heavy atom. The molecule has 2 rings (SSSR count). The zero-order valence-corrected chi connectivity index (χ0v) is 12.8. The van der Waals surface area contributed by atoms with E-state index in [4.69, 9.17) is 9.47 Å². The van der Waals surface area contributed by atoms with Crippen molar-refractivity contribution in [1.82, 2.24) is 0 Å². The maximum absolute atomic E-state index is 5.65. The lowest BCUT2D eigenvalue weighted by Gasteiger charge is -2.09. The van der Waals surface area contributed by atoms with Crippen LogP contribution in [0.3, 0.4) is 0 Å². The lowest BCUT2D eigenvalue weighted by Crippen LogP contribution is -2.00. The fourth-order valence-electron chi connectivity index (χ4n) is 1.95. The molecule has 0 atom stereocenters. The molecule has 0 spiro atoms. The van der Waals surface area contributed by atoms with E-state index in [1.807, 2.05) is 36.4 Å². The monoisotopic (exact) mass is 285 g/mol. The predicted molar refractivity (Wildman–Crippen MR) is 87.2 cm³/mol. The van der Waals surface area contributed by atoms with E-state index in [0.29, 0.717) is 0 Å². The number of nitrogens with one attached hydrogen (secondary N) is 1. The minimum atomic E-state index is 0.787. The molecule has 0 radical (unpaired) electrons. The van der Waals surface area contributed by atoms with Crippen molar-refractivity contribution in [3.63, 3.8) is 0 Å². The van der Waals surface area contributed by atoms with Crippen LogP contribution in [-0.4, -0.2) is 13.7 Å². The highest BCUT2D eigenvalue weighted by molar-refractivity contribution is 5.47. The first-order valence-electron chi connectivity index (χ1n) is 7.41. The standard InChI is InChI=1S/C18H23NO2/c1-3-4-13-21-18-11-7-16(8-12-18)19-14-15-5-9-17(20-2)10-6-15/h5-12,19H,3-4,13-14H2,1-2H3. The molecule has 0 heterocycles. The summed E-state index contributed by atoms with van der Waals surface area (Å²) in [6, 6.07) is 16.2. The summed E-state index contributed by atoms with van der Waals surface area (Å²) in [5, 5.41) is 3.40. The van der Waals surface area contributed by atoms with Crippen molar-refractivity contribution >= 4 is 5.69 Å². The minimum absolute atomic E-state index is 0.787. The first-order chi connectivity index (χ1) is 10.3. The van der Waals surface area contributed by atoms with Crippen molar-refractivity contribution in [2.75, 3.05) is 19.0 Å². The third-order valence-electron chi connectivity index (χ3n) is 3.28. The van der Waals surface area contributed by atoms with Crippen molar-refractivity contribution in [2.24, 2.45) is 0 Å². The third kappa shape index (κ3) is 5.03. The van der Waals surface area contributed by atoms with Gasteiger partial charge in [0, 0.05) is 12.2 Å². The Morgan fingerprint density at radius 1 is 0.905 bits per heavy atom. The van der Waals surface area contributed by atoms with E-state index in [1.165, 1.54) is 5.56 Å². The Kier molecular flexibility index (Phi) is 5.95. The smallest absolute Gasteiger partial charge is 0.119 e. The van der Waals surface area contributed by atoms with Crippen LogP contribution in [-0.2, 0) is 6.54 Å². The topological polar surface area (TPSA) is 30.5 Å². The van der Waals surface area contributed by atoms with Crippen LogP contribution in [0.25, 0.3) is 0 Å². The van der Waals surface area contributed by atoms with Gasteiger partial charge in [-0.3, -0.25) is 0 Å². The van der Waals surface area contributed by atoms with E-state index < -0.39 is 0 Å². The Hall–Kier alpha value is -2.16. The van der Waals surface area contributed by atoms with Crippen molar-refractivity contribution in [3.05, 3.63) is 54.1 Å². The van der Waals surface area contributed by atoms with E-state index in [1.54, 1.807) is 7.11 Å². The van der Waals surface area contributed by atoms with Gasteiger partial charge in [0.1, 0.15) is 11.5 Å². The summed E-state index contributed by atoms with van der Waals surface area (Å²) >= 11 is 0. The van der Waals surface area contributed by atoms with Crippen LogP contribution in [0.1, 0.15) is 25.3 Å². The molecule has 0 unspecified atom stereocenters. The minimum Gasteiger partial charge on any atom is -0.497 e. The molecule has 1 N–H and O–H groups in total. The van der Waals surface area contributed by atoms with Gasteiger partial charge in [-0.2, -0.15) is 0 Å². The highest BCUT2D eigenvalue weighted by atomic mass is 16.5. The molecular weight excluding hydrogens is 262 g/mol. The van der Waals surface area contributed by atoms with Crippen molar-refractivity contribution in [3.8, 4) is 11.5 Å². The van der Waals surface area contributed by atoms with Crippen molar-refractivity contribution in [1.29, 1.82) is 0 Å². The van der Waals surface area contributed by atoms with Gasteiger partial charge in [0.2, 0.25) is 0 Å². The zero-order chi connectivity index (χ0) is 14.9. The van der Waals surface area contributed by atoms with Crippen LogP contribution in [0.15, 0.2) is 48.5 Å². The lowest BCUT2D eigenvalue weighted by molar-refractivity contribution is 0.309. The Labute approximate surface area is 126 Å². The van der Waals surface area contributed by atoms with Crippen LogP contribution in [0.4, 0.5) is 5.69 Å². The summed E-state index contributed by atoms with van der Waals surface area (Å²) in [7, 11) is 1.68. The van der Waals surface area contributed by atoms with Crippen LogP contribution in [0.2, 0.25) is 0 Å². The molecule has 2 aromatic rings. The zero-order valence-electron chi connectivity index (χ0n) is 12.8. The van der Waals surface area contributed by atoms with E-state index in [9.17, 15) is 0 Å². The summed E-state index contributed by atoms with van der Waals surface area (Å²) in [4.78, 5) is 0. The maximum atomic E-state index is 5.65. The normalized spacial score (nSPS) is 10.2. The molecule has 0 amide bonds. The second kappa shape index (κ2) is 8.20. The number of anilines is 1. The quantitative estimate of drug-likeness (QED) is 0.725. The van der Waals surface area contributed by atoms with Gasteiger partial charge in [-0.05, 0) is 48.4 Å². The molecule has 21 heavy (non-hydrogen) atoms. The predicted octanol–water partition coefficient (Wildman–Crippen LogP) is 4.49. The number of methoxy groups -OCH3 is 1. The molecule has 0 bridgehead atoms. The maximum Gasteiger partial charge on any atom is 0.119 e. The van der Waals surface area contributed by atoms with Crippen LogP contribution >= 0.6 is 0 Å². The average molecular weight is 285 g/mol. The van der Waals surface area contributed by atoms with Gasteiger partial charge in [0.25, 0.3) is 0 Å². The van der Waals surface area contributed by atoms with Crippen LogP contribution < -0.4 is 14.8 Å². The summed E-state index contributed by atoms with van der Waals surface area (Å²) < 4.78 is 10.8. The molecule has 0 aliphatic rings. The Morgan fingerprint density at radius 3 is 2.19 bits per heavy atom. The second-order valence-electron chi connectivity index (χ2n) is 4.93. The van der Waals surface area contributed by atoms with Gasteiger partial charge in [-0.1, -0.05) is 25.5 Å². The van der Waals surface area contributed by atoms with Gasteiger partial charge in [0.15, 0.2) is 0 Å². The largest absolute Gasteiger partial charge is 0.497 e. The van der Waals surface area contributed by atoms with E-state index in [2.05, 4.69) is 24.4 Å². The van der Waals surface area contributed by atoms with Gasteiger partial charge < -0.3 is 14.8 Å². The summed E-state index contributed by atoms with van der Waals surface area (Å²) in [6.45, 7) is 3.74. The molecule has 0 aliphatic heterocycles. The number of hydrogen-bond donors (Lipinski definition) is 1. The van der Waals surface area contributed by atoms with Crippen LogP contribution in [0, 0.1) is 0 Å². The number of unbranched alkanes of at least 4 members (excludes halogenated alkanes) is 1. The van der Waals surface area contributed by atoms with Crippen molar-refractivity contribution in [2.45, 2.75) is 26.3 Å². The van der Waals surface area contributed by atoms with E-state index in [0.717, 1.165) is 43.2 Å². The number of rotatable bonds is 8. The molecule has 3 nitrogen and oxygen atoms in total. The molecule has 0 aromatic heterocycles. The highest BCUT2D eigenvalue weighted by Gasteiger charge is 1.97. The Bertz CT molecular complexity index is 520. The molecule has 0 fully saturated rings. The highest BCUT2D eigenvalue weighted by Crippen LogP contribution is 2.17. The number of benzene rings is 2. The van der Waals surface area contributed by atoms with Gasteiger partial charge in [0.05, 0.1) is 13.7 Å². The van der Waals surface area contributed by atoms with E-state index in [-0.39, 0.29) is 0 Å².